The topological polar surface area (TPSA) is 59.5 Å². The molecule has 1 atom stereocenters. The molecule has 0 spiro atoms. The summed E-state index contributed by atoms with van der Waals surface area (Å²) in [6.45, 7) is 0.857. The summed E-state index contributed by atoms with van der Waals surface area (Å²) in [7, 11) is 0. The van der Waals surface area contributed by atoms with Gasteiger partial charge in [-0.25, -0.2) is 14.2 Å². The highest BCUT2D eigenvalue weighted by atomic mass is 32.1. The lowest BCUT2D eigenvalue weighted by atomic mass is 9.99. The number of benzene rings is 2. The third-order valence-electron chi connectivity index (χ3n) is 4.82. The van der Waals surface area contributed by atoms with Crippen molar-refractivity contribution >= 4 is 33.4 Å². The normalized spacial score (nSPS) is 16.9. The van der Waals surface area contributed by atoms with E-state index in [1.165, 1.54) is 18.2 Å². The number of nitrogens with zero attached hydrogens (tertiary/aromatic N) is 2. The lowest BCUT2D eigenvalue weighted by Gasteiger charge is -2.31. The molecule has 1 aromatic heterocycles. The van der Waals surface area contributed by atoms with Crippen LogP contribution < -0.4 is 0 Å². The molecule has 0 radical (unpaired) electrons. The lowest BCUT2D eigenvalue weighted by Crippen LogP contribution is -2.41. The van der Waals surface area contributed by atoms with Gasteiger partial charge >= 0.3 is 5.97 Å². The van der Waals surface area contributed by atoms with Gasteiger partial charge in [0.2, 0.25) is 0 Å². The number of ether oxygens (including phenoxy) is 1. The van der Waals surface area contributed by atoms with Crippen molar-refractivity contribution in [3.8, 4) is 0 Å². The Hall–Kier alpha value is -2.80. The van der Waals surface area contributed by atoms with E-state index in [4.69, 9.17) is 9.72 Å². The first-order valence-corrected chi connectivity index (χ1v) is 9.98. The van der Waals surface area contributed by atoms with Crippen LogP contribution in [0.2, 0.25) is 0 Å². The van der Waals surface area contributed by atoms with Crippen LogP contribution in [0.4, 0.5) is 4.39 Å². The molecule has 28 heavy (non-hydrogen) atoms. The molecule has 0 aliphatic carbocycles. The zero-order valence-corrected chi connectivity index (χ0v) is 16.0. The SMILES string of the molecule is O=C(OCC(=O)N1CCC[C@@H](c2nc3ccccc3s2)C1)c1cccc(F)c1. The van der Waals surface area contributed by atoms with Gasteiger partial charge in [0.25, 0.3) is 5.91 Å². The molecule has 5 nitrogen and oxygen atoms in total. The van der Waals surface area contributed by atoms with Crippen LogP contribution in [-0.2, 0) is 9.53 Å². The number of esters is 1. The Kier molecular flexibility index (Phi) is 5.34. The third kappa shape index (κ3) is 4.04. The van der Waals surface area contributed by atoms with Crippen molar-refractivity contribution in [3.63, 3.8) is 0 Å². The van der Waals surface area contributed by atoms with Gasteiger partial charge in [-0.05, 0) is 43.2 Å². The highest BCUT2D eigenvalue weighted by molar-refractivity contribution is 7.18. The summed E-state index contributed by atoms with van der Waals surface area (Å²) in [4.78, 5) is 30.9. The molecule has 144 valence electrons. The van der Waals surface area contributed by atoms with Crippen LogP contribution in [0.3, 0.4) is 0 Å². The van der Waals surface area contributed by atoms with Crippen LogP contribution in [0.5, 0.6) is 0 Å². The maximum atomic E-state index is 13.2. The quantitative estimate of drug-likeness (QED) is 0.624. The van der Waals surface area contributed by atoms with Crippen LogP contribution in [0.1, 0.15) is 34.1 Å². The minimum atomic E-state index is -0.701. The number of likely N-dealkylation sites (tertiary alicyclic amines) is 1. The van der Waals surface area contributed by atoms with E-state index in [1.54, 1.807) is 16.2 Å². The molecule has 1 saturated heterocycles. The van der Waals surface area contributed by atoms with E-state index in [0.29, 0.717) is 13.1 Å². The third-order valence-corrected chi connectivity index (χ3v) is 6.02. The van der Waals surface area contributed by atoms with Gasteiger partial charge in [0, 0.05) is 19.0 Å². The minimum absolute atomic E-state index is 0.0961. The Bertz CT molecular complexity index is 987. The van der Waals surface area contributed by atoms with Gasteiger partial charge in [-0.2, -0.15) is 0 Å². The molecule has 4 rings (SSSR count). The van der Waals surface area contributed by atoms with E-state index >= 15 is 0 Å². The summed E-state index contributed by atoms with van der Waals surface area (Å²) in [5, 5.41) is 1.04. The van der Waals surface area contributed by atoms with Crippen molar-refractivity contribution in [1.29, 1.82) is 0 Å². The summed E-state index contributed by atoms with van der Waals surface area (Å²) >= 11 is 1.66. The van der Waals surface area contributed by atoms with Gasteiger partial charge in [-0.15, -0.1) is 11.3 Å². The molecule has 1 aliphatic heterocycles. The van der Waals surface area contributed by atoms with Crippen molar-refractivity contribution in [2.75, 3.05) is 19.7 Å². The second kappa shape index (κ2) is 8.06. The highest BCUT2D eigenvalue weighted by Crippen LogP contribution is 2.32. The van der Waals surface area contributed by atoms with Crippen LogP contribution in [0.25, 0.3) is 10.2 Å². The zero-order valence-electron chi connectivity index (χ0n) is 15.1. The van der Waals surface area contributed by atoms with E-state index in [2.05, 4.69) is 0 Å². The molecular weight excluding hydrogens is 379 g/mol. The Balaban J connectivity index is 1.37. The molecule has 2 aromatic carbocycles. The monoisotopic (exact) mass is 398 g/mol. The molecule has 0 unspecified atom stereocenters. The molecule has 0 N–H and O–H groups in total. The van der Waals surface area contributed by atoms with E-state index in [1.807, 2.05) is 24.3 Å². The Morgan fingerprint density at radius 2 is 2.07 bits per heavy atom. The van der Waals surface area contributed by atoms with Gasteiger partial charge in [-0.1, -0.05) is 18.2 Å². The molecule has 0 saturated carbocycles. The second-order valence-corrected chi connectivity index (χ2v) is 7.85. The number of aromatic nitrogens is 1. The van der Waals surface area contributed by atoms with Crippen molar-refractivity contribution in [2.45, 2.75) is 18.8 Å². The number of fused-ring (bicyclic) bond motifs is 1. The van der Waals surface area contributed by atoms with Crippen molar-refractivity contribution in [1.82, 2.24) is 9.88 Å². The number of hydrogen-bond acceptors (Lipinski definition) is 5. The fourth-order valence-corrected chi connectivity index (χ4v) is 4.48. The summed E-state index contributed by atoms with van der Waals surface area (Å²) < 4.78 is 19.4. The molecule has 3 aromatic rings. The first-order valence-electron chi connectivity index (χ1n) is 9.16. The molecule has 1 aliphatic rings. The smallest absolute Gasteiger partial charge is 0.338 e. The Morgan fingerprint density at radius 3 is 2.89 bits per heavy atom. The molecule has 1 fully saturated rings. The summed E-state index contributed by atoms with van der Waals surface area (Å²) in [6, 6.07) is 13.2. The van der Waals surface area contributed by atoms with Crippen LogP contribution in [0.15, 0.2) is 48.5 Å². The molecule has 0 bridgehead atoms. The predicted octanol–water partition coefficient (Wildman–Crippen LogP) is 4.00. The minimum Gasteiger partial charge on any atom is -0.452 e. The van der Waals surface area contributed by atoms with Gasteiger partial charge in [0.05, 0.1) is 20.8 Å². The van der Waals surface area contributed by atoms with Gasteiger partial charge < -0.3 is 9.64 Å². The number of amides is 1. The second-order valence-electron chi connectivity index (χ2n) is 6.79. The number of carbonyl (C=O) groups excluding carboxylic acids is 2. The maximum absolute atomic E-state index is 13.2. The summed E-state index contributed by atoms with van der Waals surface area (Å²) in [5.74, 6) is -1.27. The predicted molar refractivity (Wildman–Crippen MR) is 105 cm³/mol. The van der Waals surface area contributed by atoms with Gasteiger partial charge in [-0.3, -0.25) is 4.79 Å². The molecule has 2 heterocycles. The number of piperidine rings is 1. The molecular formula is C21H19FN2O3S. The van der Waals surface area contributed by atoms with E-state index in [9.17, 15) is 14.0 Å². The number of halogens is 1. The van der Waals surface area contributed by atoms with Crippen LogP contribution >= 0.6 is 11.3 Å². The standard InChI is InChI=1S/C21H19FN2O3S/c22-16-7-3-5-14(11-16)21(26)27-13-19(25)24-10-4-6-15(12-24)20-23-17-8-1-2-9-18(17)28-20/h1-3,5,7-9,11,15H,4,6,10,12-13H2/t15-/m1/s1. The van der Waals surface area contributed by atoms with Crippen LogP contribution in [-0.4, -0.2) is 41.5 Å². The van der Waals surface area contributed by atoms with Gasteiger partial charge in [0.1, 0.15) is 5.82 Å². The van der Waals surface area contributed by atoms with E-state index in [-0.39, 0.29) is 24.0 Å². The maximum Gasteiger partial charge on any atom is 0.338 e. The first-order chi connectivity index (χ1) is 13.6. The van der Waals surface area contributed by atoms with Crippen molar-refractivity contribution < 1.29 is 18.7 Å². The van der Waals surface area contributed by atoms with E-state index in [0.717, 1.165) is 34.1 Å². The number of rotatable bonds is 4. The number of hydrogen-bond donors (Lipinski definition) is 0. The largest absolute Gasteiger partial charge is 0.452 e. The summed E-state index contributed by atoms with van der Waals surface area (Å²) in [6.07, 6.45) is 1.86. The van der Waals surface area contributed by atoms with Gasteiger partial charge in [0.15, 0.2) is 6.61 Å². The number of carbonyl (C=O) groups is 2. The molecule has 7 heteroatoms. The Morgan fingerprint density at radius 1 is 1.21 bits per heavy atom. The molecule has 1 amide bonds. The van der Waals surface area contributed by atoms with Crippen molar-refractivity contribution in [3.05, 3.63) is 64.9 Å². The first kappa shape index (κ1) is 18.6. The fourth-order valence-electron chi connectivity index (χ4n) is 3.39. The van der Waals surface area contributed by atoms with Crippen LogP contribution in [0, 0.1) is 5.82 Å². The summed E-state index contributed by atoms with van der Waals surface area (Å²) in [5.41, 5.74) is 1.08. The lowest BCUT2D eigenvalue weighted by molar-refractivity contribution is -0.135. The zero-order chi connectivity index (χ0) is 19.5. The number of para-hydroxylation sites is 1. The fraction of sp³-hybridized carbons (Fsp3) is 0.286. The van der Waals surface area contributed by atoms with E-state index < -0.39 is 11.8 Å². The average Bonchev–Trinajstić information content (AvgIpc) is 3.16. The highest BCUT2D eigenvalue weighted by Gasteiger charge is 2.27. The average molecular weight is 398 g/mol. The Labute approximate surface area is 165 Å². The number of thiazole rings is 1. The van der Waals surface area contributed by atoms with Crippen molar-refractivity contribution in [2.24, 2.45) is 0 Å².